The topological polar surface area (TPSA) is 149 Å². The van der Waals surface area contributed by atoms with Crippen molar-refractivity contribution >= 4 is 5.69 Å². The molecule has 0 aliphatic heterocycles. The van der Waals surface area contributed by atoms with Crippen LogP contribution in [-0.2, 0) is 12.8 Å². The molecule has 0 fully saturated rings. The van der Waals surface area contributed by atoms with E-state index in [1.165, 1.54) is 12.1 Å². The van der Waals surface area contributed by atoms with Crippen LogP contribution < -0.4 is 11.0 Å². The van der Waals surface area contributed by atoms with Crippen molar-refractivity contribution in [2.45, 2.75) is 12.8 Å². The quantitative estimate of drug-likeness (QED) is 0.186. The highest BCUT2D eigenvalue weighted by Gasteiger charge is 2.07. The minimum absolute atomic E-state index is 0.0524. The Hall–Kier alpha value is -3.60. The minimum atomic E-state index is -0.428. The summed E-state index contributed by atoms with van der Waals surface area (Å²) in [6, 6.07) is 6.24. The molecule has 0 amide bonds. The fourth-order valence-corrected chi connectivity index (χ4v) is 2.34. The van der Waals surface area contributed by atoms with Gasteiger partial charge in [-0.3, -0.25) is 10.1 Å². The molecule has 0 unspecified atom stereocenters. The molecule has 0 bridgehead atoms. The third-order valence-corrected chi connectivity index (χ3v) is 3.74. The average Bonchev–Trinajstić information content (AvgIpc) is 3.36. The second-order valence-electron chi connectivity index (χ2n) is 5.64. The number of nitro benzene ring substituents is 1. The highest BCUT2D eigenvalue weighted by molar-refractivity contribution is 5.57. The highest BCUT2D eigenvalue weighted by Crippen LogP contribution is 2.19. The molecule has 140 valence electrons. The molecule has 0 aliphatic carbocycles. The predicted molar refractivity (Wildman–Crippen MR) is 97.5 cm³/mol. The Morgan fingerprint density at radius 1 is 1.15 bits per heavy atom. The van der Waals surface area contributed by atoms with Crippen LogP contribution in [0.3, 0.4) is 0 Å². The summed E-state index contributed by atoms with van der Waals surface area (Å²) in [5.41, 5.74) is 8.41. The van der Waals surface area contributed by atoms with Gasteiger partial charge in [0.2, 0.25) is 0 Å². The lowest BCUT2D eigenvalue weighted by Gasteiger charge is -2.00. The fraction of sp³-hybridized carbons (Fsp3) is 0.250. The molecule has 0 radical (unpaired) electrons. The molecule has 2 aromatic heterocycles. The van der Waals surface area contributed by atoms with E-state index in [1.54, 1.807) is 30.9 Å². The van der Waals surface area contributed by atoms with Gasteiger partial charge in [-0.25, -0.2) is 20.9 Å². The summed E-state index contributed by atoms with van der Waals surface area (Å²) in [6.45, 7) is 1.19. The first-order chi connectivity index (χ1) is 13.2. The third kappa shape index (κ3) is 5.44. The zero-order chi connectivity index (χ0) is 18.9. The lowest BCUT2D eigenvalue weighted by molar-refractivity contribution is -0.384. The van der Waals surface area contributed by atoms with E-state index in [0.29, 0.717) is 25.3 Å². The number of non-ortho nitro benzene ring substituents is 1. The van der Waals surface area contributed by atoms with Crippen molar-refractivity contribution in [3.63, 3.8) is 0 Å². The number of H-pyrrole nitrogens is 2. The Morgan fingerprint density at radius 3 is 2.74 bits per heavy atom. The van der Waals surface area contributed by atoms with Crippen molar-refractivity contribution < 1.29 is 4.92 Å². The van der Waals surface area contributed by atoms with E-state index in [2.05, 4.69) is 41.2 Å². The van der Waals surface area contributed by atoms with Gasteiger partial charge in [-0.05, 0) is 12.1 Å². The van der Waals surface area contributed by atoms with E-state index in [1.807, 2.05) is 0 Å². The van der Waals surface area contributed by atoms with Gasteiger partial charge in [0.25, 0.3) is 5.69 Å². The molecular formula is C16H19N9O2. The Bertz CT molecular complexity index is 872. The Kier molecular flexibility index (Phi) is 6.20. The molecule has 0 saturated heterocycles. The van der Waals surface area contributed by atoms with Crippen LogP contribution in [0.25, 0.3) is 11.4 Å². The van der Waals surface area contributed by atoms with Crippen molar-refractivity contribution in [1.29, 1.82) is 0 Å². The molecule has 11 nitrogen and oxygen atoms in total. The van der Waals surface area contributed by atoms with Gasteiger partial charge in [0.1, 0.15) is 5.82 Å². The molecule has 4 N–H and O–H groups in total. The zero-order valence-electron chi connectivity index (χ0n) is 14.4. The summed E-state index contributed by atoms with van der Waals surface area (Å²) in [4.78, 5) is 24.7. The van der Waals surface area contributed by atoms with Crippen LogP contribution in [0.15, 0.2) is 53.3 Å². The van der Waals surface area contributed by atoms with Gasteiger partial charge in [-0.1, -0.05) is 5.22 Å². The van der Waals surface area contributed by atoms with Crippen LogP contribution in [0.5, 0.6) is 0 Å². The van der Waals surface area contributed by atoms with Crippen LogP contribution in [0.4, 0.5) is 5.69 Å². The minimum Gasteiger partial charge on any atom is -0.348 e. The second-order valence-corrected chi connectivity index (χ2v) is 5.64. The highest BCUT2D eigenvalue weighted by atomic mass is 16.6. The maximum Gasteiger partial charge on any atom is 0.269 e. The van der Waals surface area contributed by atoms with Gasteiger partial charge < -0.3 is 9.97 Å². The first kappa shape index (κ1) is 18.2. The van der Waals surface area contributed by atoms with E-state index < -0.39 is 4.92 Å². The van der Waals surface area contributed by atoms with Gasteiger partial charge >= 0.3 is 0 Å². The molecule has 0 saturated carbocycles. The van der Waals surface area contributed by atoms with Gasteiger partial charge in [0.15, 0.2) is 0 Å². The molecule has 3 rings (SSSR count). The summed E-state index contributed by atoms with van der Waals surface area (Å²) < 4.78 is 0. The number of aromatic nitrogens is 4. The monoisotopic (exact) mass is 369 g/mol. The van der Waals surface area contributed by atoms with Crippen LogP contribution in [0.1, 0.15) is 11.4 Å². The smallest absolute Gasteiger partial charge is 0.269 e. The van der Waals surface area contributed by atoms with Crippen molar-refractivity contribution in [3.8, 4) is 11.4 Å². The number of aromatic amines is 2. The Labute approximate surface area is 154 Å². The summed E-state index contributed by atoms with van der Waals surface area (Å²) in [5, 5.41) is 18.5. The maximum atomic E-state index is 10.7. The van der Waals surface area contributed by atoms with Gasteiger partial charge in [-0.2, -0.15) is 5.11 Å². The first-order valence-electron chi connectivity index (χ1n) is 8.32. The number of hydrogen-bond acceptors (Lipinski definition) is 7. The first-order valence-corrected chi connectivity index (χ1v) is 8.32. The van der Waals surface area contributed by atoms with Gasteiger partial charge in [-0.15, -0.1) is 0 Å². The standard InChI is InChI=1S/C16H19N9O2/c26-25(27)15-3-1-12(2-4-15)16-18-10-14(22-16)6-8-21-24-23-20-7-5-13-9-17-11-19-13/h1-4,9-11H,5-8H2,(H,17,19)(H,18,22)(H,20,24)(H,21,23). The van der Waals surface area contributed by atoms with Crippen LogP contribution >= 0.6 is 0 Å². The van der Waals surface area contributed by atoms with Crippen molar-refractivity contribution in [2.24, 2.45) is 10.3 Å². The molecular weight excluding hydrogens is 350 g/mol. The number of nitrogens with zero attached hydrogens (tertiary/aromatic N) is 5. The lowest BCUT2D eigenvalue weighted by atomic mass is 10.2. The van der Waals surface area contributed by atoms with Crippen LogP contribution in [0, 0.1) is 10.1 Å². The third-order valence-electron chi connectivity index (χ3n) is 3.74. The van der Waals surface area contributed by atoms with E-state index in [-0.39, 0.29) is 5.69 Å². The molecule has 0 spiro atoms. The van der Waals surface area contributed by atoms with E-state index >= 15 is 0 Å². The van der Waals surface area contributed by atoms with E-state index in [4.69, 9.17) is 0 Å². The van der Waals surface area contributed by atoms with Gasteiger partial charge in [0, 0.05) is 60.9 Å². The summed E-state index contributed by atoms with van der Waals surface area (Å²) in [6.07, 6.45) is 6.60. The maximum absolute atomic E-state index is 10.7. The molecule has 27 heavy (non-hydrogen) atoms. The van der Waals surface area contributed by atoms with Crippen molar-refractivity contribution in [1.82, 2.24) is 30.9 Å². The molecule has 1 aromatic carbocycles. The van der Waals surface area contributed by atoms with Crippen molar-refractivity contribution in [2.75, 3.05) is 13.1 Å². The van der Waals surface area contributed by atoms with Crippen LogP contribution in [0.2, 0.25) is 0 Å². The zero-order valence-corrected chi connectivity index (χ0v) is 14.4. The number of imidazole rings is 2. The van der Waals surface area contributed by atoms with Gasteiger partial charge in [0.05, 0.1) is 17.8 Å². The second kappa shape index (κ2) is 9.20. The molecule has 0 aliphatic rings. The summed E-state index contributed by atoms with van der Waals surface area (Å²) >= 11 is 0. The normalized spacial score (nSPS) is 11.1. The molecule has 0 atom stereocenters. The largest absolute Gasteiger partial charge is 0.348 e. The average molecular weight is 369 g/mol. The van der Waals surface area contributed by atoms with Crippen molar-refractivity contribution in [3.05, 3.63) is 64.5 Å². The Morgan fingerprint density at radius 2 is 2.00 bits per heavy atom. The number of hydrazine groups is 1. The SMILES string of the molecule is O=[N+]([O-])c1ccc(-c2ncc(CCN=NNNCCc3cnc[nH]3)[nH]2)cc1. The molecule has 11 heteroatoms. The molecule has 2 heterocycles. The predicted octanol–water partition coefficient (Wildman–Crippen LogP) is 1.95. The van der Waals surface area contributed by atoms with Crippen LogP contribution in [-0.4, -0.2) is 37.9 Å². The number of nitro groups is 1. The van der Waals surface area contributed by atoms with E-state index in [9.17, 15) is 10.1 Å². The lowest BCUT2D eigenvalue weighted by Crippen LogP contribution is -2.28. The van der Waals surface area contributed by atoms with E-state index in [0.717, 1.165) is 23.4 Å². The number of rotatable bonds is 10. The fourth-order valence-electron chi connectivity index (χ4n) is 2.34. The number of nitrogens with one attached hydrogen (secondary N) is 4. The molecule has 3 aromatic rings. The summed E-state index contributed by atoms with van der Waals surface area (Å²) in [5.74, 6) is 0.662. The Balaban J connectivity index is 1.37. The number of hydrogen-bond donors (Lipinski definition) is 4. The summed E-state index contributed by atoms with van der Waals surface area (Å²) in [7, 11) is 0. The number of benzene rings is 1.